The van der Waals surface area contributed by atoms with Gasteiger partial charge in [0.2, 0.25) is 0 Å². The third kappa shape index (κ3) is 1.69. The van der Waals surface area contributed by atoms with Gasteiger partial charge in [0.1, 0.15) is 6.04 Å². The largest absolute Gasteiger partial charge is 0.480 e. The summed E-state index contributed by atoms with van der Waals surface area (Å²) in [6.45, 7) is 1.53. The van der Waals surface area contributed by atoms with Crippen molar-refractivity contribution >= 4 is 5.97 Å². The van der Waals surface area contributed by atoms with Crippen molar-refractivity contribution in [1.82, 2.24) is 5.32 Å². The molecule has 74 valence electrons. The number of aliphatic carboxylic acids is 1. The maximum absolute atomic E-state index is 10.7. The van der Waals surface area contributed by atoms with Gasteiger partial charge in [-0.3, -0.25) is 10.1 Å². The zero-order valence-corrected chi connectivity index (χ0v) is 7.58. The number of ether oxygens (including phenoxy) is 1. The molecule has 0 bridgehead atoms. The van der Waals surface area contributed by atoms with E-state index in [2.05, 4.69) is 5.32 Å². The lowest BCUT2D eigenvalue weighted by Gasteiger charge is -2.33. The average Bonchev–Trinajstić information content (AvgIpc) is 2.51. The Labute approximate surface area is 77.3 Å². The van der Waals surface area contributed by atoms with Crippen molar-refractivity contribution in [3.63, 3.8) is 0 Å². The molecule has 2 N–H and O–H groups in total. The van der Waals surface area contributed by atoms with Crippen LogP contribution in [0.2, 0.25) is 0 Å². The van der Waals surface area contributed by atoms with Crippen molar-refractivity contribution in [1.29, 1.82) is 0 Å². The van der Waals surface area contributed by atoms with Gasteiger partial charge in [0.05, 0.1) is 0 Å². The predicted molar refractivity (Wildman–Crippen MR) is 46.6 cm³/mol. The maximum Gasteiger partial charge on any atom is 0.320 e. The molecule has 0 aliphatic carbocycles. The monoisotopic (exact) mass is 185 g/mol. The van der Waals surface area contributed by atoms with Crippen molar-refractivity contribution in [2.75, 3.05) is 13.2 Å². The summed E-state index contributed by atoms with van der Waals surface area (Å²) in [6.07, 6.45) is 3.65. The van der Waals surface area contributed by atoms with E-state index in [1.54, 1.807) is 0 Å². The molecule has 0 amide bonds. The van der Waals surface area contributed by atoms with Gasteiger partial charge in [0.25, 0.3) is 0 Å². The van der Waals surface area contributed by atoms with Gasteiger partial charge >= 0.3 is 5.97 Å². The normalized spacial score (nSPS) is 32.2. The number of rotatable bonds is 1. The topological polar surface area (TPSA) is 58.6 Å². The fourth-order valence-corrected chi connectivity index (χ4v) is 2.28. The molecule has 0 aromatic rings. The Kier molecular flexibility index (Phi) is 2.26. The van der Waals surface area contributed by atoms with Crippen molar-refractivity contribution < 1.29 is 14.6 Å². The summed E-state index contributed by atoms with van der Waals surface area (Å²) in [4.78, 5) is 10.7. The van der Waals surface area contributed by atoms with E-state index in [0.717, 1.165) is 38.9 Å². The van der Waals surface area contributed by atoms with Gasteiger partial charge < -0.3 is 9.84 Å². The molecule has 2 saturated heterocycles. The lowest BCUT2D eigenvalue weighted by Crippen LogP contribution is -2.49. The molecular weight excluding hydrogens is 170 g/mol. The van der Waals surface area contributed by atoms with Crippen LogP contribution in [0.15, 0.2) is 0 Å². The first-order valence-corrected chi connectivity index (χ1v) is 4.80. The van der Waals surface area contributed by atoms with E-state index in [-0.39, 0.29) is 11.6 Å². The van der Waals surface area contributed by atoms with Crippen LogP contribution < -0.4 is 5.32 Å². The number of carboxylic acids is 1. The van der Waals surface area contributed by atoms with Gasteiger partial charge in [0.15, 0.2) is 0 Å². The number of nitrogens with one attached hydrogen (secondary N) is 1. The zero-order valence-electron chi connectivity index (χ0n) is 7.58. The molecule has 1 unspecified atom stereocenters. The van der Waals surface area contributed by atoms with Crippen LogP contribution in [0.4, 0.5) is 0 Å². The zero-order chi connectivity index (χ0) is 9.31. The average molecular weight is 185 g/mol. The Morgan fingerprint density at radius 3 is 2.62 bits per heavy atom. The van der Waals surface area contributed by atoms with Crippen molar-refractivity contribution in [2.24, 2.45) is 0 Å². The first-order valence-electron chi connectivity index (χ1n) is 4.80. The van der Waals surface area contributed by atoms with E-state index in [1.807, 2.05) is 0 Å². The first-order chi connectivity index (χ1) is 6.22. The van der Waals surface area contributed by atoms with E-state index in [1.165, 1.54) is 0 Å². The highest BCUT2D eigenvalue weighted by atomic mass is 16.5. The Morgan fingerprint density at radius 2 is 2.08 bits per heavy atom. The summed E-state index contributed by atoms with van der Waals surface area (Å²) in [5.41, 5.74) is 0.0707. The molecule has 0 saturated carbocycles. The number of hydrogen-bond donors (Lipinski definition) is 2. The second-order valence-electron chi connectivity index (χ2n) is 3.97. The summed E-state index contributed by atoms with van der Waals surface area (Å²) in [5.74, 6) is -0.719. The SMILES string of the molecule is O=C(O)C1CCC2(CCOCC2)N1. The van der Waals surface area contributed by atoms with Gasteiger partial charge in [-0.25, -0.2) is 0 Å². The summed E-state index contributed by atoms with van der Waals surface area (Å²) in [7, 11) is 0. The minimum Gasteiger partial charge on any atom is -0.480 e. The number of hydrogen-bond acceptors (Lipinski definition) is 3. The Hall–Kier alpha value is -0.610. The highest BCUT2D eigenvalue weighted by Gasteiger charge is 2.41. The van der Waals surface area contributed by atoms with Gasteiger partial charge in [-0.05, 0) is 25.7 Å². The van der Waals surface area contributed by atoms with E-state index in [4.69, 9.17) is 9.84 Å². The molecule has 0 aromatic carbocycles. The molecule has 2 heterocycles. The third-order valence-electron chi connectivity index (χ3n) is 3.14. The summed E-state index contributed by atoms with van der Waals surface area (Å²) in [5, 5.41) is 12.1. The van der Waals surface area contributed by atoms with Crippen LogP contribution in [0.25, 0.3) is 0 Å². The van der Waals surface area contributed by atoms with Gasteiger partial charge in [0, 0.05) is 18.8 Å². The molecule has 1 atom stereocenters. The lowest BCUT2D eigenvalue weighted by atomic mass is 9.89. The Morgan fingerprint density at radius 1 is 1.38 bits per heavy atom. The molecule has 2 rings (SSSR count). The molecular formula is C9H15NO3. The van der Waals surface area contributed by atoms with Gasteiger partial charge in [-0.15, -0.1) is 0 Å². The third-order valence-corrected chi connectivity index (χ3v) is 3.14. The van der Waals surface area contributed by atoms with Crippen molar-refractivity contribution in [2.45, 2.75) is 37.3 Å². The number of carbonyl (C=O) groups is 1. The molecule has 0 radical (unpaired) electrons. The lowest BCUT2D eigenvalue weighted by molar-refractivity contribution is -0.139. The van der Waals surface area contributed by atoms with Crippen molar-refractivity contribution in [3.8, 4) is 0 Å². The van der Waals surface area contributed by atoms with E-state index in [0.29, 0.717) is 0 Å². The second-order valence-corrected chi connectivity index (χ2v) is 3.97. The molecule has 2 fully saturated rings. The summed E-state index contributed by atoms with van der Waals surface area (Å²) in [6, 6.07) is -0.335. The predicted octanol–water partition coefficient (Wildman–Crippen LogP) is 0.372. The molecule has 0 aromatic heterocycles. The molecule has 4 heteroatoms. The van der Waals surface area contributed by atoms with Crippen LogP contribution in [-0.2, 0) is 9.53 Å². The Balaban J connectivity index is 1.98. The van der Waals surface area contributed by atoms with Crippen LogP contribution in [0.5, 0.6) is 0 Å². The summed E-state index contributed by atoms with van der Waals surface area (Å²) < 4.78 is 5.26. The molecule has 1 spiro atoms. The van der Waals surface area contributed by atoms with Crippen LogP contribution >= 0.6 is 0 Å². The highest BCUT2D eigenvalue weighted by Crippen LogP contribution is 2.32. The number of carboxylic acid groups (broad SMARTS) is 1. The van der Waals surface area contributed by atoms with Crippen LogP contribution in [0.3, 0.4) is 0 Å². The molecule has 2 aliphatic rings. The van der Waals surface area contributed by atoms with Crippen molar-refractivity contribution in [3.05, 3.63) is 0 Å². The highest BCUT2D eigenvalue weighted by molar-refractivity contribution is 5.74. The fraction of sp³-hybridized carbons (Fsp3) is 0.889. The Bertz CT molecular complexity index is 211. The minimum atomic E-state index is -0.719. The molecule has 2 aliphatic heterocycles. The van der Waals surface area contributed by atoms with E-state index < -0.39 is 5.97 Å². The van der Waals surface area contributed by atoms with Crippen LogP contribution in [0, 0.1) is 0 Å². The molecule has 13 heavy (non-hydrogen) atoms. The summed E-state index contributed by atoms with van der Waals surface area (Å²) >= 11 is 0. The van der Waals surface area contributed by atoms with E-state index in [9.17, 15) is 4.79 Å². The second kappa shape index (κ2) is 3.27. The van der Waals surface area contributed by atoms with E-state index >= 15 is 0 Å². The van der Waals surface area contributed by atoms with Crippen LogP contribution in [-0.4, -0.2) is 35.9 Å². The smallest absolute Gasteiger partial charge is 0.320 e. The molecule has 4 nitrogen and oxygen atoms in total. The van der Waals surface area contributed by atoms with Crippen LogP contribution in [0.1, 0.15) is 25.7 Å². The quantitative estimate of drug-likeness (QED) is 0.619. The van der Waals surface area contributed by atoms with Gasteiger partial charge in [-0.1, -0.05) is 0 Å². The standard InChI is InChI=1S/C9H15NO3/c11-8(12)7-1-2-9(10-7)3-5-13-6-4-9/h7,10H,1-6H2,(H,11,12). The first kappa shape index (κ1) is 8.97. The fourth-order valence-electron chi connectivity index (χ4n) is 2.28. The minimum absolute atomic E-state index is 0.0707. The van der Waals surface area contributed by atoms with Gasteiger partial charge in [-0.2, -0.15) is 0 Å². The maximum atomic E-state index is 10.7.